The number of benzene rings is 1. The average molecular weight is 515 g/mol. The van der Waals surface area contributed by atoms with Crippen molar-refractivity contribution in [1.82, 2.24) is 19.7 Å². The van der Waals surface area contributed by atoms with Crippen LogP contribution < -0.4 is 10.0 Å². The van der Waals surface area contributed by atoms with E-state index in [1.54, 1.807) is 0 Å². The van der Waals surface area contributed by atoms with Gasteiger partial charge in [0, 0.05) is 24.0 Å². The number of sulfonamides is 1. The summed E-state index contributed by atoms with van der Waals surface area (Å²) in [5, 5.41) is 5.66. The zero-order chi connectivity index (χ0) is 24.7. The van der Waals surface area contributed by atoms with Crippen molar-refractivity contribution in [2.75, 3.05) is 10.0 Å². The molecule has 1 aliphatic rings. The van der Waals surface area contributed by atoms with Gasteiger partial charge in [-0.15, -0.1) is 0 Å². The van der Waals surface area contributed by atoms with E-state index in [2.05, 4.69) is 25.1 Å². The number of aromatic nitrogens is 4. The first-order valence-electron chi connectivity index (χ1n) is 10.0. The van der Waals surface area contributed by atoms with Gasteiger partial charge in [0.25, 0.3) is 10.0 Å². The van der Waals surface area contributed by atoms with Crippen LogP contribution in [0.3, 0.4) is 0 Å². The van der Waals surface area contributed by atoms with E-state index in [1.165, 1.54) is 49.6 Å². The molecule has 2 N–H and O–H groups in total. The molecule has 0 saturated heterocycles. The van der Waals surface area contributed by atoms with E-state index in [4.69, 9.17) is 11.6 Å². The van der Waals surface area contributed by atoms with Crippen LogP contribution in [0.2, 0.25) is 5.02 Å². The Labute approximate surface area is 197 Å². The van der Waals surface area contributed by atoms with Crippen molar-refractivity contribution >= 4 is 39.2 Å². The van der Waals surface area contributed by atoms with Crippen LogP contribution in [-0.4, -0.2) is 34.1 Å². The molecule has 0 aliphatic heterocycles. The highest BCUT2D eigenvalue weighted by molar-refractivity contribution is 7.92. The molecule has 1 unspecified atom stereocenters. The molecule has 2 aromatic heterocycles. The Morgan fingerprint density at radius 2 is 1.79 bits per heavy atom. The fraction of sp³-hybridized carbons (Fsp3) is 0.300. The molecule has 1 aromatic carbocycles. The molecule has 1 atom stereocenters. The molecule has 4 rings (SSSR count). The summed E-state index contributed by atoms with van der Waals surface area (Å²) in [6.07, 6.45) is -0.667. The maximum atomic E-state index is 13.3. The predicted molar refractivity (Wildman–Crippen MR) is 117 cm³/mol. The molecule has 2 heterocycles. The lowest BCUT2D eigenvalue weighted by atomic mass is 10.2. The number of anilines is 2. The topological polar surface area (TPSA) is 119 Å². The van der Waals surface area contributed by atoms with Gasteiger partial charge in [-0.25, -0.2) is 23.1 Å². The third-order valence-electron chi connectivity index (χ3n) is 5.09. The lowest BCUT2D eigenvalue weighted by molar-refractivity contribution is -0.141. The molecule has 0 spiro atoms. The van der Waals surface area contributed by atoms with Gasteiger partial charge in [0.1, 0.15) is 6.04 Å². The van der Waals surface area contributed by atoms with Gasteiger partial charge >= 0.3 is 6.18 Å². The highest BCUT2D eigenvalue weighted by atomic mass is 35.5. The number of alkyl halides is 3. The Kier molecular flexibility index (Phi) is 6.25. The fourth-order valence-electron chi connectivity index (χ4n) is 3.23. The molecule has 34 heavy (non-hydrogen) atoms. The van der Waals surface area contributed by atoms with Gasteiger partial charge in [0.15, 0.2) is 5.69 Å². The molecule has 0 radical (unpaired) electrons. The smallest absolute Gasteiger partial charge is 0.324 e. The van der Waals surface area contributed by atoms with Crippen molar-refractivity contribution in [2.45, 2.75) is 42.8 Å². The maximum Gasteiger partial charge on any atom is 0.436 e. The summed E-state index contributed by atoms with van der Waals surface area (Å²) < 4.78 is 68.0. The number of hydrogen-bond donors (Lipinski definition) is 2. The largest absolute Gasteiger partial charge is 0.436 e. The van der Waals surface area contributed by atoms with Crippen molar-refractivity contribution in [3.63, 3.8) is 0 Å². The van der Waals surface area contributed by atoms with Crippen LogP contribution in [0.4, 0.5) is 24.8 Å². The van der Waals surface area contributed by atoms with E-state index in [0.717, 1.165) is 4.68 Å². The third-order valence-corrected chi connectivity index (χ3v) is 6.81. The van der Waals surface area contributed by atoms with E-state index < -0.39 is 38.9 Å². The summed E-state index contributed by atoms with van der Waals surface area (Å²) in [5.41, 5.74) is -0.790. The lowest BCUT2D eigenvalue weighted by Gasteiger charge is -2.16. The molecule has 1 fully saturated rings. The number of rotatable bonds is 7. The van der Waals surface area contributed by atoms with Crippen molar-refractivity contribution in [3.05, 3.63) is 59.1 Å². The van der Waals surface area contributed by atoms with Crippen LogP contribution in [0.5, 0.6) is 0 Å². The zero-order valence-corrected chi connectivity index (χ0v) is 19.1. The second kappa shape index (κ2) is 8.87. The number of halogens is 4. The van der Waals surface area contributed by atoms with E-state index >= 15 is 0 Å². The predicted octanol–water partition coefficient (Wildman–Crippen LogP) is 4.22. The Bertz CT molecular complexity index is 1310. The highest BCUT2D eigenvalue weighted by Crippen LogP contribution is 2.47. The van der Waals surface area contributed by atoms with E-state index in [1.807, 2.05) is 0 Å². The first-order chi connectivity index (χ1) is 16.0. The Hall–Kier alpha value is -3.19. The molecular formula is C20H18ClF3N6O3S. The minimum Gasteiger partial charge on any atom is -0.324 e. The molecule has 0 bridgehead atoms. The number of hydrogen-bond acceptors (Lipinski definition) is 6. The Morgan fingerprint density at radius 1 is 1.18 bits per heavy atom. The van der Waals surface area contributed by atoms with Crippen LogP contribution in [0.25, 0.3) is 0 Å². The van der Waals surface area contributed by atoms with Gasteiger partial charge in [-0.3, -0.25) is 9.48 Å². The number of nitrogens with zero attached hydrogens (tertiary/aromatic N) is 4. The summed E-state index contributed by atoms with van der Waals surface area (Å²) in [5.74, 6) is -0.922. The van der Waals surface area contributed by atoms with Gasteiger partial charge in [-0.2, -0.15) is 18.3 Å². The fourth-order valence-corrected chi connectivity index (χ4v) is 4.58. The SMILES string of the molecule is CC(C(=O)Nc1ccc(S(=O)(=O)Nc2ncccn2)cc1)n1nc(C(F)(F)F)c(Cl)c1C1CC1. The van der Waals surface area contributed by atoms with Crippen molar-refractivity contribution in [1.29, 1.82) is 0 Å². The van der Waals surface area contributed by atoms with Crippen molar-refractivity contribution in [2.24, 2.45) is 0 Å². The summed E-state index contributed by atoms with van der Waals surface area (Å²) in [7, 11) is -3.97. The molecular weight excluding hydrogens is 497 g/mol. The van der Waals surface area contributed by atoms with Crippen LogP contribution in [0, 0.1) is 0 Å². The van der Waals surface area contributed by atoms with Gasteiger partial charge in [-0.1, -0.05) is 11.6 Å². The van der Waals surface area contributed by atoms with Gasteiger partial charge in [-0.05, 0) is 50.1 Å². The highest BCUT2D eigenvalue weighted by Gasteiger charge is 2.43. The van der Waals surface area contributed by atoms with E-state index in [0.29, 0.717) is 12.8 Å². The van der Waals surface area contributed by atoms with Crippen LogP contribution in [0.1, 0.15) is 43.1 Å². The average Bonchev–Trinajstić information content (AvgIpc) is 3.55. The van der Waals surface area contributed by atoms with E-state index in [9.17, 15) is 26.4 Å². The van der Waals surface area contributed by atoms with Gasteiger partial charge < -0.3 is 5.32 Å². The molecule has 1 saturated carbocycles. The second-order valence-corrected chi connectivity index (χ2v) is 9.69. The first kappa shape index (κ1) is 24.0. The molecule has 180 valence electrons. The van der Waals surface area contributed by atoms with Crippen LogP contribution in [0.15, 0.2) is 47.6 Å². The van der Waals surface area contributed by atoms with Gasteiger partial charge in [0.2, 0.25) is 11.9 Å². The molecule has 9 nitrogen and oxygen atoms in total. The minimum atomic E-state index is -4.75. The third kappa shape index (κ3) is 4.99. The van der Waals surface area contributed by atoms with Crippen LogP contribution >= 0.6 is 11.6 Å². The summed E-state index contributed by atoms with van der Waals surface area (Å²) in [6, 6.07) is 5.66. The molecule has 1 aliphatic carbocycles. The lowest BCUT2D eigenvalue weighted by Crippen LogP contribution is -2.26. The molecule has 3 aromatic rings. The number of carbonyl (C=O) groups excluding carboxylic acids is 1. The monoisotopic (exact) mass is 514 g/mol. The zero-order valence-electron chi connectivity index (χ0n) is 17.5. The Morgan fingerprint density at radius 3 is 2.35 bits per heavy atom. The number of carbonyl (C=O) groups is 1. The standard InChI is InChI=1S/C20H18ClF3N6O3S/c1-11(30-16(12-3-4-12)15(21)17(28-30)20(22,23)24)18(31)27-13-5-7-14(8-6-13)34(32,33)29-19-25-9-2-10-26-19/h2,5-12H,3-4H2,1H3,(H,27,31)(H,25,26,29). The number of nitrogens with one attached hydrogen (secondary N) is 2. The van der Waals surface area contributed by atoms with Crippen LogP contribution in [-0.2, 0) is 21.0 Å². The Balaban J connectivity index is 1.50. The summed E-state index contributed by atoms with van der Waals surface area (Å²) in [4.78, 5) is 20.2. The second-order valence-electron chi connectivity index (χ2n) is 7.63. The van der Waals surface area contributed by atoms with E-state index in [-0.39, 0.29) is 28.1 Å². The number of amides is 1. The first-order valence-corrected chi connectivity index (χ1v) is 11.9. The quantitative estimate of drug-likeness (QED) is 0.487. The molecule has 1 amide bonds. The maximum absolute atomic E-state index is 13.3. The van der Waals surface area contributed by atoms with Crippen molar-refractivity contribution < 1.29 is 26.4 Å². The summed E-state index contributed by atoms with van der Waals surface area (Å²) >= 11 is 5.97. The summed E-state index contributed by atoms with van der Waals surface area (Å²) in [6.45, 7) is 1.41. The normalized spacial score (nSPS) is 15.1. The van der Waals surface area contributed by atoms with Crippen molar-refractivity contribution in [3.8, 4) is 0 Å². The minimum absolute atomic E-state index is 0.101. The molecule has 14 heteroatoms. The van der Waals surface area contributed by atoms with Gasteiger partial charge in [0.05, 0.1) is 15.6 Å².